The first-order valence-corrected chi connectivity index (χ1v) is 7.72. The van der Waals surface area contributed by atoms with Crippen molar-refractivity contribution in [3.63, 3.8) is 0 Å². The third kappa shape index (κ3) is 8.71. The van der Waals surface area contributed by atoms with Gasteiger partial charge in [-0.1, -0.05) is 53.0 Å². The third-order valence-corrected chi connectivity index (χ3v) is 2.94. The zero-order valence-corrected chi connectivity index (χ0v) is 12.8. The van der Waals surface area contributed by atoms with Gasteiger partial charge in [0.1, 0.15) is 0 Å². The summed E-state index contributed by atoms with van der Waals surface area (Å²) in [5.41, 5.74) is 1.31. The van der Waals surface area contributed by atoms with Crippen LogP contribution in [-0.4, -0.2) is 19.5 Å². The van der Waals surface area contributed by atoms with Crippen molar-refractivity contribution in [1.29, 1.82) is 0 Å². The summed E-state index contributed by atoms with van der Waals surface area (Å²) in [6.45, 7) is 10.4. The van der Waals surface area contributed by atoms with E-state index in [0.717, 1.165) is 38.9 Å². The number of unbranched alkanes of at least 4 members (excludes halogenated alkanes) is 3. The average molecular weight is 256 g/mol. The Morgan fingerprint density at radius 1 is 0.889 bits per heavy atom. The van der Waals surface area contributed by atoms with Crippen molar-refractivity contribution in [3.8, 4) is 0 Å². The molecule has 2 heteroatoms. The van der Waals surface area contributed by atoms with Crippen molar-refractivity contribution >= 4 is 0 Å². The van der Waals surface area contributed by atoms with Gasteiger partial charge < -0.3 is 9.47 Å². The van der Waals surface area contributed by atoms with Gasteiger partial charge in [0.05, 0.1) is 13.2 Å². The molecule has 0 amide bonds. The molecule has 0 saturated carbocycles. The van der Waals surface area contributed by atoms with Crippen LogP contribution in [0.25, 0.3) is 0 Å². The van der Waals surface area contributed by atoms with Crippen LogP contribution in [0, 0.1) is 0 Å². The molecule has 0 atom stereocenters. The summed E-state index contributed by atoms with van der Waals surface area (Å²) < 4.78 is 11.8. The highest BCUT2D eigenvalue weighted by Gasteiger charge is 2.13. The second kappa shape index (κ2) is 13.1. The van der Waals surface area contributed by atoms with Crippen molar-refractivity contribution in [3.05, 3.63) is 11.6 Å². The van der Waals surface area contributed by atoms with Gasteiger partial charge in [0, 0.05) is 0 Å². The molecule has 0 heterocycles. The van der Waals surface area contributed by atoms with Gasteiger partial charge in [0.25, 0.3) is 0 Å². The Morgan fingerprint density at radius 3 is 1.83 bits per heavy atom. The summed E-state index contributed by atoms with van der Waals surface area (Å²) in [6.07, 6.45) is 10.1. The molecule has 0 fully saturated rings. The van der Waals surface area contributed by atoms with Crippen LogP contribution < -0.4 is 0 Å². The molecule has 0 aliphatic carbocycles. The Balaban J connectivity index is 4.29. The van der Waals surface area contributed by atoms with E-state index in [-0.39, 0.29) is 6.29 Å². The van der Waals surface area contributed by atoms with E-state index in [9.17, 15) is 0 Å². The molecule has 0 N–H and O–H groups in total. The molecule has 108 valence electrons. The molecule has 0 rings (SSSR count). The second-order valence-electron chi connectivity index (χ2n) is 4.70. The molecule has 0 aliphatic rings. The Morgan fingerprint density at radius 2 is 1.44 bits per heavy atom. The first-order valence-electron chi connectivity index (χ1n) is 7.72. The molecule has 18 heavy (non-hydrogen) atoms. The van der Waals surface area contributed by atoms with Gasteiger partial charge in [-0.2, -0.15) is 0 Å². The van der Waals surface area contributed by atoms with Crippen LogP contribution in [0.5, 0.6) is 0 Å². The van der Waals surface area contributed by atoms with Gasteiger partial charge in [-0.3, -0.25) is 0 Å². The highest BCUT2D eigenvalue weighted by molar-refractivity contribution is 5.04. The van der Waals surface area contributed by atoms with E-state index in [1.54, 1.807) is 0 Å². The number of hydrogen-bond donors (Lipinski definition) is 0. The fraction of sp³-hybridized carbons (Fsp3) is 0.875. The van der Waals surface area contributed by atoms with Crippen LogP contribution in [0.2, 0.25) is 0 Å². The monoisotopic (exact) mass is 256 g/mol. The fourth-order valence-electron chi connectivity index (χ4n) is 1.67. The summed E-state index contributed by atoms with van der Waals surface area (Å²) in [6, 6.07) is 0. The summed E-state index contributed by atoms with van der Waals surface area (Å²) in [5.74, 6) is 0. The maximum Gasteiger partial charge on any atom is 0.179 e. The van der Waals surface area contributed by atoms with Crippen molar-refractivity contribution in [2.24, 2.45) is 0 Å². The minimum atomic E-state index is -0.111. The van der Waals surface area contributed by atoms with E-state index in [1.807, 2.05) is 0 Å². The zero-order chi connectivity index (χ0) is 13.6. The second-order valence-corrected chi connectivity index (χ2v) is 4.70. The normalized spacial score (nSPS) is 12.4. The minimum absolute atomic E-state index is 0.111. The third-order valence-electron chi connectivity index (χ3n) is 2.94. The Bertz CT molecular complexity index is 189. The van der Waals surface area contributed by atoms with E-state index in [2.05, 4.69) is 33.8 Å². The van der Waals surface area contributed by atoms with Crippen molar-refractivity contribution < 1.29 is 9.47 Å². The standard InChI is InChI=1S/C16H32O2/c1-5-9-12-15(8-4)16(17-13-10-6-2)18-14-11-7-3/h12,16H,5-11,13-14H2,1-4H3/b15-12+. The molecule has 0 bridgehead atoms. The Hall–Kier alpha value is -0.340. The summed E-state index contributed by atoms with van der Waals surface area (Å²) in [5, 5.41) is 0. The van der Waals surface area contributed by atoms with Crippen LogP contribution in [0.15, 0.2) is 11.6 Å². The molecule has 0 saturated heterocycles. The number of ether oxygens (including phenoxy) is 2. The first kappa shape index (κ1) is 17.7. The molecular formula is C16H32O2. The molecule has 0 aromatic rings. The number of hydrogen-bond acceptors (Lipinski definition) is 2. The van der Waals surface area contributed by atoms with Gasteiger partial charge in [0.15, 0.2) is 6.29 Å². The average Bonchev–Trinajstić information content (AvgIpc) is 2.39. The largest absolute Gasteiger partial charge is 0.349 e. The van der Waals surface area contributed by atoms with Gasteiger partial charge in [-0.05, 0) is 31.3 Å². The molecule has 2 nitrogen and oxygen atoms in total. The van der Waals surface area contributed by atoms with Gasteiger partial charge in [0.2, 0.25) is 0 Å². The summed E-state index contributed by atoms with van der Waals surface area (Å²) in [4.78, 5) is 0. The molecule has 0 unspecified atom stereocenters. The predicted molar refractivity (Wildman–Crippen MR) is 78.8 cm³/mol. The van der Waals surface area contributed by atoms with Crippen LogP contribution in [0.3, 0.4) is 0 Å². The van der Waals surface area contributed by atoms with Gasteiger partial charge in [-0.25, -0.2) is 0 Å². The molecule has 0 radical (unpaired) electrons. The SMILES string of the molecule is CCC/C=C(\CC)C(OCCCC)OCCCC. The van der Waals surface area contributed by atoms with Gasteiger partial charge in [-0.15, -0.1) is 0 Å². The van der Waals surface area contributed by atoms with Crippen molar-refractivity contribution in [2.75, 3.05) is 13.2 Å². The number of allylic oxidation sites excluding steroid dienone is 1. The molecule has 0 aromatic carbocycles. The zero-order valence-electron chi connectivity index (χ0n) is 12.8. The number of rotatable bonds is 12. The van der Waals surface area contributed by atoms with Crippen LogP contribution >= 0.6 is 0 Å². The predicted octanol–water partition coefficient (Wildman–Crippen LogP) is 5.08. The lowest BCUT2D eigenvalue weighted by molar-refractivity contribution is -0.121. The van der Waals surface area contributed by atoms with E-state index >= 15 is 0 Å². The maximum absolute atomic E-state index is 5.89. The minimum Gasteiger partial charge on any atom is -0.349 e. The van der Waals surface area contributed by atoms with E-state index in [0.29, 0.717) is 0 Å². The highest BCUT2D eigenvalue weighted by atomic mass is 16.7. The first-order chi connectivity index (χ1) is 8.79. The van der Waals surface area contributed by atoms with E-state index in [4.69, 9.17) is 9.47 Å². The maximum atomic E-state index is 5.89. The Labute approximate surface area is 114 Å². The molecule has 0 aromatic heterocycles. The lowest BCUT2D eigenvalue weighted by Gasteiger charge is -2.21. The topological polar surface area (TPSA) is 18.5 Å². The van der Waals surface area contributed by atoms with Crippen LogP contribution in [-0.2, 0) is 9.47 Å². The van der Waals surface area contributed by atoms with Gasteiger partial charge >= 0.3 is 0 Å². The smallest absolute Gasteiger partial charge is 0.179 e. The summed E-state index contributed by atoms with van der Waals surface area (Å²) >= 11 is 0. The fourth-order valence-corrected chi connectivity index (χ4v) is 1.67. The van der Waals surface area contributed by atoms with E-state index in [1.165, 1.54) is 24.8 Å². The van der Waals surface area contributed by atoms with E-state index < -0.39 is 0 Å². The molecule has 0 spiro atoms. The highest BCUT2D eigenvalue weighted by Crippen LogP contribution is 2.15. The van der Waals surface area contributed by atoms with Crippen LogP contribution in [0.4, 0.5) is 0 Å². The lowest BCUT2D eigenvalue weighted by Crippen LogP contribution is -2.21. The molecule has 0 aliphatic heterocycles. The van der Waals surface area contributed by atoms with Crippen molar-refractivity contribution in [1.82, 2.24) is 0 Å². The summed E-state index contributed by atoms with van der Waals surface area (Å²) in [7, 11) is 0. The lowest BCUT2D eigenvalue weighted by atomic mass is 10.1. The quantitative estimate of drug-likeness (QED) is 0.275. The Kier molecular flexibility index (Phi) is 12.9. The van der Waals surface area contributed by atoms with Crippen molar-refractivity contribution in [2.45, 2.75) is 78.9 Å². The molecular weight excluding hydrogens is 224 g/mol. The van der Waals surface area contributed by atoms with Crippen LogP contribution in [0.1, 0.15) is 72.6 Å².